The number of benzene rings is 5. The predicted molar refractivity (Wildman–Crippen MR) is 455 cm³/mol. The minimum absolute atomic E-state index is 0.0121. The number of amides is 11. The monoisotopic (exact) mass is 1810 g/mol. The lowest BCUT2D eigenvalue weighted by Gasteiger charge is -2.26. The van der Waals surface area contributed by atoms with Gasteiger partial charge in [0.2, 0.25) is 65.0 Å². The number of guanidine groups is 1. The van der Waals surface area contributed by atoms with E-state index in [0.717, 1.165) is 28.8 Å². The summed E-state index contributed by atoms with van der Waals surface area (Å²) in [5, 5.41) is 90.2. The summed E-state index contributed by atoms with van der Waals surface area (Å²) in [5.74, 6) is -13.5. The number of thioether (sulfide) groups is 1. The number of phenols is 2. The Morgan fingerprint density at radius 2 is 1.11 bits per heavy atom. The highest BCUT2D eigenvalue weighted by molar-refractivity contribution is 8.01. The number of anilines is 2. The van der Waals surface area contributed by atoms with E-state index in [1.54, 1.807) is 64.9 Å². The van der Waals surface area contributed by atoms with Crippen LogP contribution in [0, 0.1) is 19.3 Å². The molecule has 3 saturated heterocycles. The molecule has 0 aliphatic carbocycles. The average Bonchev–Trinajstić information content (AvgIpc) is 0.770. The van der Waals surface area contributed by atoms with Crippen LogP contribution in [0.2, 0.25) is 0 Å². The Morgan fingerprint density at radius 3 is 1.70 bits per heavy atom. The number of carboxylic acids is 3. The van der Waals surface area contributed by atoms with Crippen molar-refractivity contribution < 1.29 is 119 Å². The Bertz CT molecular complexity index is 5190. The molecule has 5 aromatic carbocycles. The number of carboxylic acid groups (broad SMARTS) is 3. The van der Waals surface area contributed by atoms with Gasteiger partial charge in [-0.25, -0.2) is 0 Å². The molecule has 0 bridgehead atoms. The number of hydrogen-bond donors (Lipinski definition) is 20. The van der Waals surface area contributed by atoms with Crippen LogP contribution in [0.5, 0.6) is 11.5 Å². The van der Waals surface area contributed by atoms with Gasteiger partial charge in [-0.3, -0.25) is 101 Å². The lowest BCUT2D eigenvalue weighted by Crippen LogP contribution is -2.58. The van der Waals surface area contributed by atoms with E-state index >= 15 is 0 Å². The van der Waals surface area contributed by atoms with E-state index in [2.05, 4.69) is 63.4 Å². The molecule has 8 rings (SSSR count). The molecule has 3 aliphatic rings. The quantitative estimate of drug-likeness (QED) is 0.00463. The largest absolute Gasteiger partial charge is 0.508 e. The van der Waals surface area contributed by atoms with Crippen LogP contribution in [0.3, 0.4) is 0 Å². The smallest absolute Gasteiger partial charge is 0.317 e. The predicted octanol–water partition coefficient (Wildman–Crippen LogP) is -0.200. The van der Waals surface area contributed by atoms with Crippen molar-refractivity contribution in [1.82, 2.24) is 67.5 Å². The van der Waals surface area contributed by atoms with Gasteiger partial charge in [-0.1, -0.05) is 30.3 Å². The molecule has 3 fully saturated rings. The summed E-state index contributed by atoms with van der Waals surface area (Å²) in [6.45, 7) is 5.00. The maximum absolute atomic E-state index is 14.4. The van der Waals surface area contributed by atoms with Gasteiger partial charge >= 0.3 is 17.9 Å². The molecule has 682 valence electrons. The van der Waals surface area contributed by atoms with Gasteiger partial charge < -0.3 is 90.2 Å². The molecular weight excluding hydrogens is 1710 g/mol. The van der Waals surface area contributed by atoms with E-state index < -0.39 is 178 Å². The van der Waals surface area contributed by atoms with Crippen LogP contribution < -0.4 is 64.6 Å². The Hall–Kier alpha value is -12.5. The number of unbranched alkanes of at least 4 members (excludes halogenated alkanes) is 2. The van der Waals surface area contributed by atoms with Gasteiger partial charge in [0.1, 0.15) is 57.5 Å². The summed E-state index contributed by atoms with van der Waals surface area (Å²) < 4.78 is 68.4. The van der Waals surface area contributed by atoms with E-state index in [1.165, 1.54) is 31.2 Å². The van der Waals surface area contributed by atoms with E-state index in [9.17, 15) is 119 Å². The molecule has 0 spiro atoms. The van der Waals surface area contributed by atoms with Crippen LogP contribution in [0.15, 0.2) is 98.9 Å². The molecule has 3 heterocycles. The molecule has 47 heteroatoms. The Balaban J connectivity index is 0.852. The Labute approximate surface area is 727 Å². The van der Waals surface area contributed by atoms with Crippen LogP contribution in [0.4, 0.5) is 22.7 Å². The summed E-state index contributed by atoms with van der Waals surface area (Å²) in [6.07, 6.45) is -0.929. The van der Waals surface area contributed by atoms with Crippen molar-refractivity contribution in [2.24, 2.45) is 16.0 Å². The zero-order valence-electron chi connectivity index (χ0n) is 69.0. The van der Waals surface area contributed by atoms with Crippen LogP contribution >= 0.6 is 11.8 Å². The number of hydrogen-bond acceptors (Lipinski definition) is 28. The summed E-state index contributed by atoms with van der Waals surface area (Å²) in [4.78, 5) is 190. The average molecular weight is 1820 g/mol. The van der Waals surface area contributed by atoms with Crippen molar-refractivity contribution in [2.75, 3.05) is 102 Å². The van der Waals surface area contributed by atoms with E-state index in [0.29, 0.717) is 39.6 Å². The number of nitrogen functional groups attached to an aromatic ring is 1. The molecule has 0 radical (unpaired) electrons. The first-order valence-electron chi connectivity index (χ1n) is 40.0. The number of imide groups is 1. The lowest BCUT2D eigenvalue weighted by molar-refractivity contribution is -0.141. The third-order valence-corrected chi connectivity index (χ3v) is 23.7. The number of rotatable bonds is 38. The maximum atomic E-state index is 14.4. The second kappa shape index (κ2) is 45.9. The van der Waals surface area contributed by atoms with Crippen molar-refractivity contribution in [2.45, 2.75) is 149 Å². The van der Waals surface area contributed by atoms with Gasteiger partial charge in [-0.05, 0) is 148 Å². The second-order valence-electron chi connectivity index (χ2n) is 30.3. The molecule has 3 unspecified atom stereocenters. The number of carbonyl (C=O) groups excluding carboxylic acids is 11. The first kappa shape index (κ1) is 98.9. The zero-order chi connectivity index (χ0) is 92.4. The molecule has 11 amide bonds. The fourth-order valence-electron chi connectivity index (χ4n) is 13.9. The van der Waals surface area contributed by atoms with Gasteiger partial charge in [0.15, 0.2) is 11.7 Å². The zero-order valence-corrected chi connectivity index (χ0v) is 71.4. The number of carbonyl (C=O) groups is 14. The van der Waals surface area contributed by atoms with Crippen molar-refractivity contribution in [1.29, 1.82) is 5.41 Å². The number of aliphatic carboxylic acids is 3. The summed E-state index contributed by atoms with van der Waals surface area (Å²) >= 11 is 0.895. The minimum atomic E-state index is -5.17. The number of azo groups is 1. The topological polar surface area (TPSA) is 683 Å². The number of nitrogens with two attached hydrogens (primary N) is 2. The Kier molecular flexibility index (Phi) is 36.0. The highest BCUT2D eigenvalue weighted by atomic mass is 32.2. The number of aromatic hydroxyl groups is 2. The second-order valence-corrected chi connectivity index (χ2v) is 34.3. The molecule has 22 N–H and O–H groups in total. The van der Waals surface area contributed by atoms with Crippen molar-refractivity contribution in [3.63, 3.8) is 0 Å². The van der Waals surface area contributed by atoms with Gasteiger partial charge in [0.05, 0.1) is 53.8 Å². The summed E-state index contributed by atoms with van der Waals surface area (Å²) in [7, 11) is -10.3. The molecule has 0 saturated carbocycles. The van der Waals surface area contributed by atoms with Gasteiger partial charge in [-0.2, -0.15) is 21.9 Å². The van der Waals surface area contributed by atoms with Crippen molar-refractivity contribution in [3.05, 3.63) is 95.6 Å². The standard InChI is InChI=1S/C79H103N19O25S3/c1-43-33-47(48-15-20-52(44(2)34-48)93-94-53-21-18-50-60(125(118,119)120)38-61(126(121,122)123)70(80)69(50)71(53)110)14-19-51(43)88-74(113)54(87-63(101)39-95-27-29-96(40-67(106)107)31-32-97(30-28-95)41-68(108)109)9-4-6-23-83-62(100)22-26-98-65(103)37-59(78(98)117)124-42-64(102)84-24-7-5-10-55-75(114)89-56(11-8-25-85-79(81)82)73(112)86-45(3)72(111)91-58(36-66(104)105)77(116)92-57(76(115)90-55)35-46-12-16-49(99)17-13-46/h12-21,33-34,38,45,54-59,99,110H,4-11,22-32,35-37,39-42,80H2,1-3H3,(H,83,100)(H,84,102)(H,86,112)(H,87,101)(H,88,113)(H,89,114)(H,90,115)(H,91,111)(H,92,116)(H,104,105)(H,106,107)(H,108,109)(H4,81,82,85)(H,118,119,120)(H,121,122,123)/t45?,54-,55?,56+,57+,58+,59?/m1/s1. The normalized spacial score (nSPS) is 19.0. The minimum Gasteiger partial charge on any atom is -0.508 e. The van der Waals surface area contributed by atoms with Gasteiger partial charge in [0, 0.05) is 95.8 Å². The van der Waals surface area contributed by atoms with E-state index in [-0.39, 0.29) is 190 Å². The van der Waals surface area contributed by atoms with Crippen LogP contribution in [0.25, 0.3) is 21.9 Å². The van der Waals surface area contributed by atoms with Gasteiger partial charge in [-0.15, -0.1) is 16.9 Å². The van der Waals surface area contributed by atoms with E-state index in [4.69, 9.17) is 16.9 Å². The highest BCUT2D eigenvalue weighted by Crippen LogP contribution is 2.44. The van der Waals surface area contributed by atoms with Gasteiger partial charge in [0.25, 0.3) is 20.2 Å². The first-order chi connectivity index (χ1) is 59.5. The maximum Gasteiger partial charge on any atom is 0.317 e. The number of nitrogens with zero attached hydrogens (tertiary/aromatic N) is 6. The lowest BCUT2D eigenvalue weighted by atomic mass is 10.00. The number of fused-ring (bicyclic) bond motifs is 1. The fourth-order valence-corrected chi connectivity index (χ4v) is 16.4. The molecule has 3 aliphatic heterocycles. The number of phenolic OH excluding ortho intramolecular Hbond substituents is 2. The molecule has 7 atom stereocenters. The molecular formula is C79H103N19O25S3. The van der Waals surface area contributed by atoms with Crippen molar-refractivity contribution in [3.8, 4) is 22.6 Å². The molecule has 44 nitrogen and oxygen atoms in total. The third-order valence-electron chi connectivity index (χ3n) is 20.7. The highest BCUT2D eigenvalue weighted by Gasteiger charge is 2.40. The SMILES string of the molecule is Cc1cc(-c2ccc(NC(=O)[C@@H](CCCCNC(=O)CCN3C(=O)CC(SCC(=O)NCCCCC4NC(=O)[C@H](Cc5ccc(O)cc5)NC(=O)[C@H](CC(=O)O)NC(=O)C(C)NC(=O)[C@H](CCCNC(=N)N)NC4=O)C3=O)NC(=O)CN3CCN(CC(=O)O)CCN(CC(=O)O)CC3)c(C)c2)ccc1N=Nc1ccc2c(S(=O)(=O)O)cc(S(=O)(=O)O)c(N)c2c1O. The molecule has 5 aromatic rings. The molecule has 126 heavy (non-hydrogen) atoms. The first-order valence-corrected chi connectivity index (χ1v) is 43.9. The Morgan fingerprint density at radius 1 is 0.587 bits per heavy atom. The summed E-state index contributed by atoms with van der Waals surface area (Å²) in [6, 6.07) is 9.83. The van der Waals surface area contributed by atoms with Crippen LogP contribution in [0.1, 0.15) is 94.2 Å². The fraction of sp³-hybridized carbons (Fsp3) is 0.456. The van der Waals surface area contributed by atoms with Crippen LogP contribution in [-0.4, -0.2) is 292 Å². The third kappa shape index (κ3) is 29.8. The van der Waals surface area contributed by atoms with Crippen LogP contribution in [-0.2, 0) is 93.8 Å². The van der Waals surface area contributed by atoms with E-state index in [1.807, 2.05) is 0 Å². The van der Waals surface area contributed by atoms with Crippen molar-refractivity contribution >= 4 is 154 Å². The molecule has 0 aromatic heterocycles. The number of nitrogens with one attached hydrogen (secondary N) is 11. The number of likely N-dealkylation sites (tertiary alicyclic amines) is 1. The summed E-state index contributed by atoms with van der Waals surface area (Å²) in [5.41, 5.74) is 13.9. The number of aryl methyl sites for hydroxylation is 2.